The fourth-order valence-corrected chi connectivity index (χ4v) is 3.24. The summed E-state index contributed by atoms with van der Waals surface area (Å²) >= 11 is 5.87. The van der Waals surface area contributed by atoms with E-state index in [0.29, 0.717) is 10.8 Å². The normalized spacial score (nSPS) is 11.4. The number of hydrogen-bond donors (Lipinski definition) is 1. The van der Waals surface area contributed by atoms with Crippen molar-refractivity contribution in [2.75, 3.05) is 7.11 Å². The van der Waals surface area contributed by atoms with E-state index in [1.165, 1.54) is 6.07 Å². The van der Waals surface area contributed by atoms with Crippen molar-refractivity contribution in [3.05, 3.63) is 58.6 Å². The molecule has 1 N–H and O–H groups in total. The van der Waals surface area contributed by atoms with Crippen LogP contribution in [0, 0.1) is 6.92 Å². The molecule has 0 aliphatic heterocycles. The van der Waals surface area contributed by atoms with Crippen LogP contribution in [0.15, 0.2) is 47.4 Å². The monoisotopic (exact) mass is 325 g/mol. The van der Waals surface area contributed by atoms with Gasteiger partial charge in [-0.05, 0) is 48.4 Å². The third kappa shape index (κ3) is 3.97. The lowest BCUT2D eigenvalue weighted by Gasteiger charge is -2.10. The first-order valence-corrected chi connectivity index (χ1v) is 8.17. The highest BCUT2D eigenvalue weighted by molar-refractivity contribution is 7.89. The molecular weight excluding hydrogens is 310 g/mol. The summed E-state index contributed by atoms with van der Waals surface area (Å²) in [6.07, 6.45) is 0. The predicted octanol–water partition coefficient (Wildman–Crippen LogP) is 3.14. The molecule has 2 aromatic carbocycles. The minimum Gasteiger partial charge on any atom is -0.496 e. The Labute approximate surface area is 129 Å². The van der Waals surface area contributed by atoms with Crippen LogP contribution in [-0.2, 0) is 16.6 Å². The quantitative estimate of drug-likeness (QED) is 0.918. The van der Waals surface area contributed by atoms with Gasteiger partial charge >= 0.3 is 0 Å². The Hall–Kier alpha value is -1.56. The average Bonchev–Trinajstić information content (AvgIpc) is 2.45. The van der Waals surface area contributed by atoms with E-state index in [1.54, 1.807) is 44.4 Å². The molecule has 0 saturated heterocycles. The molecule has 0 aliphatic carbocycles. The van der Waals surface area contributed by atoms with E-state index in [4.69, 9.17) is 16.3 Å². The van der Waals surface area contributed by atoms with Gasteiger partial charge in [-0.2, -0.15) is 0 Å². The van der Waals surface area contributed by atoms with E-state index in [2.05, 4.69) is 4.72 Å². The molecule has 6 heteroatoms. The molecule has 0 amide bonds. The Morgan fingerprint density at radius 1 is 1.19 bits per heavy atom. The summed E-state index contributed by atoms with van der Waals surface area (Å²) < 4.78 is 32.2. The topological polar surface area (TPSA) is 55.4 Å². The van der Waals surface area contributed by atoms with Gasteiger partial charge in [0.2, 0.25) is 10.0 Å². The second kappa shape index (κ2) is 6.47. The summed E-state index contributed by atoms with van der Waals surface area (Å²) in [7, 11) is -2.02. The van der Waals surface area contributed by atoms with Crippen LogP contribution in [0.2, 0.25) is 5.02 Å². The first kappa shape index (κ1) is 15.8. The van der Waals surface area contributed by atoms with E-state index in [-0.39, 0.29) is 11.4 Å². The van der Waals surface area contributed by atoms with Crippen LogP contribution < -0.4 is 9.46 Å². The minimum absolute atomic E-state index is 0.188. The molecular formula is C15H16ClNO3S. The fraction of sp³-hybridized carbons (Fsp3) is 0.200. The fourth-order valence-electron chi connectivity index (χ4n) is 1.93. The number of halogens is 1. The molecule has 2 rings (SSSR count). The van der Waals surface area contributed by atoms with Crippen molar-refractivity contribution in [1.82, 2.24) is 4.72 Å². The zero-order valence-corrected chi connectivity index (χ0v) is 13.3. The zero-order chi connectivity index (χ0) is 15.5. The third-order valence-corrected chi connectivity index (χ3v) is 4.67. The van der Waals surface area contributed by atoms with Crippen molar-refractivity contribution in [2.24, 2.45) is 0 Å². The number of rotatable bonds is 5. The van der Waals surface area contributed by atoms with E-state index in [9.17, 15) is 8.42 Å². The number of aryl methyl sites for hydroxylation is 1. The van der Waals surface area contributed by atoms with Gasteiger partial charge in [0, 0.05) is 11.6 Å². The summed E-state index contributed by atoms with van der Waals surface area (Å²) in [5.74, 6) is 0.656. The maximum Gasteiger partial charge on any atom is 0.240 e. The number of hydrogen-bond acceptors (Lipinski definition) is 3. The second-order valence-electron chi connectivity index (χ2n) is 4.59. The molecule has 0 radical (unpaired) electrons. The summed E-state index contributed by atoms with van der Waals surface area (Å²) in [4.78, 5) is 0.211. The van der Waals surface area contributed by atoms with Crippen molar-refractivity contribution in [2.45, 2.75) is 18.4 Å². The number of methoxy groups -OCH3 is 1. The summed E-state index contributed by atoms with van der Waals surface area (Å²) in [6, 6.07) is 11.8. The summed E-state index contributed by atoms with van der Waals surface area (Å²) in [5, 5.41) is 0.576. The van der Waals surface area contributed by atoms with Gasteiger partial charge in [-0.1, -0.05) is 23.7 Å². The van der Waals surface area contributed by atoms with Crippen molar-refractivity contribution < 1.29 is 13.2 Å². The Morgan fingerprint density at radius 3 is 2.57 bits per heavy atom. The molecule has 0 aliphatic rings. The van der Waals surface area contributed by atoms with Gasteiger partial charge < -0.3 is 4.74 Å². The van der Waals surface area contributed by atoms with Gasteiger partial charge in [-0.15, -0.1) is 0 Å². The number of nitrogens with one attached hydrogen (secondary N) is 1. The van der Waals surface area contributed by atoms with E-state index >= 15 is 0 Å². The van der Waals surface area contributed by atoms with Crippen molar-refractivity contribution >= 4 is 21.6 Å². The maximum absolute atomic E-state index is 12.3. The van der Waals surface area contributed by atoms with Gasteiger partial charge in [0.1, 0.15) is 5.75 Å². The SMILES string of the molecule is COc1ccc(S(=O)(=O)NCc2cccc(Cl)c2)cc1C. The first-order chi connectivity index (χ1) is 9.92. The van der Waals surface area contributed by atoms with Crippen LogP contribution in [0.5, 0.6) is 5.75 Å². The molecule has 0 saturated carbocycles. The predicted molar refractivity (Wildman–Crippen MR) is 83.2 cm³/mol. The number of benzene rings is 2. The molecule has 112 valence electrons. The molecule has 0 heterocycles. The van der Waals surface area contributed by atoms with E-state index < -0.39 is 10.0 Å². The van der Waals surface area contributed by atoms with Crippen LogP contribution in [0.3, 0.4) is 0 Å². The van der Waals surface area contributed by atoms with Gasteiger partial charge in [0.05, 0.1) is 12.0 Å². The number of sulfonamides is 1. The highest BCUT2D eigenvalue weighted by Crippen LogP contribution is 2.21. The van der Waals surface area contributed by atoms with Crippen molar-refractivity contribution in [3.8, 4) is 5.75 Å². The lowest BCUT2D eigenvalue weighted by atomic mass is 10.2. The average molecular weight is 326 g/mol. The molecule has 0 atom stereocenters. The van der Waals surface area contributed by atoms with Crippen molar-refractivity contribution in [1.29, 1.82) is 0 Å². The highest BCUT2D eigenvalue weighted by atomic mass is 35.5. The Kier molecular flexibility index (Phi) is 4.88. The largest absolute Gasteiger partial charge is 0.496 e. The highest BCUT2D eigenvalue weighted by Gasteiger charge is 2.15. The molecule has 0 unspecified atom stereocenters. The first-order valence-electron chi connectivity index (χ1n) is 6.31. The van der Waals surface area contributed by atoms with Gasteiger partial charge in [-0.3, -0.25) is 0 Å². The second-order valence-corrected chi connectivity index (χ2v) is 6.79. The maximum atomic E-state index is 12.3. The molecule has 0 bridgehead atoms. The Bertz CT molecular complexity index is 744. The van der Waals surface area contributed by atoms with E-state index in [1.807, 2.05) is 6.07 Å². The molecule has 21 heavy (non-hydrogen) atoms. The van der Waals surface area contributed by atoms with Gasteiger partial charge in [0.25, 0.3) is 0 Å². The Morgan fingerprint density at radius 2 is 1.95 bits per heavy atom. The minimum atomic E-state index is -3.57. The van der Waals surface area contributed by atoms with Crippen LogP contribution >= 0.6 is 11.6 Å². The van der Waals surface area contributed by atoms with Crippen LogP contribution in [-0.4, -0.2) is 15.5 Å². The lowest BCUT2D eigenvalue weighted by molar-refractivity contribution is 0.411. The standard InChI is InChI=1S/C15H16ClNO3S/c1-11-8-14(6-7-15(11)20-2)21(18,19)17-10-12-4-3-5-13(16)9-12/h3-9,17H,10H2,1-2H3. The van der Waals surface area contributed by atoms with E-state index in [0.717, 1.165) is 11.1 Å². The van der Waals surface area contributed by atoms with Crippen LogP contribution in [0.25, 0.3) is 0 Å². The summed E-state index contributed by atoms with van der Waals surface area (Å²) in [5.41, 5.74) is 1.57. The smallest absolute Gasteiger partial charge is 0.240 e. The Balaban J connectivity index is 2.17. The van der Waals surface area contributed by atoms with Crippen LogP contribution in [0.4, 0.5) is 0 Å². The molecule has 0 spiro atoms. The van der Waals surface area contributed by atoms with Gasteiger partial charge in [0.15, 0.2) is 0 Å². The molecule has 2 aromatic rings. The van der Waals surface area contributed by atoms with Crippen molar-refractivity contribution in [3.63, 3.8) is 0 Å². The summed E-state index contributed by atoms with van der Waals surface area (Å²) in [6.45, 7) is 1.99. The number of ether oxygens (including phenoxy) is 1. The molecule has 0 aromatic heterocycles. The third-order valence-electron chi connectivity index (χ3n) is 3.03. The molecule has 0 fully saturated rings. The van der Waals surface area contributed by atoms with Gasteiger partial charge in [-0.25, -0.2) is 13.1 Å². The zero-order valence-electron chi connectivity index (χ0n) is 11.8. The lowest BCUT2D eigenvalue weighted by Crippen LogP contribution is -2.23. The van der Waals surface area contributed by atoms with Crippen LogP contribution in [0.1, 0.15) is 11.1 Å². The molecule has 4 nitrogen and oxygen atoms in total.